The number of carbonyl (C=O) groups is 2. The number of hydrogen-bond acceptors (Lipinski definition) is 3. The zero-order valence-corrected chi connectivity index (χ0v) is 9.60. The Bertz CT molecular complexity index is 445. The van der Waals surface area contributed by atoms with Crippen molar-refractivity contribution in [2.24, 2.45) is 0 Å². The van der Waals surface area contributed by atoms with Crippen molar-refractivity contribution < 1.29 is 14.3 Å². The van der Waals surface area contributed by atoms with Gasteiger partial charge >= 0.3 is 6.09 Å². The van der Waals surface area contributed by atoms with Crippen LogP contribution in [0.25, 0.3) is 0 Å². The van der Waals surface area contributed by atoms with Gasteiger partial charge in [0, 0.05) is 5.69 Å². The summed E-state index contributed by atoms with van der Waals surface area (Å²) >= 11 is 0. The largest absolute Gasteiger partial charge is 0.448 e. The molecule has 0 atom stereocenters. The van der Waals surface area contributed by atoms with Crippen molar-refractivity contribution >= 4 is 17.7 Å². The molecule has 17 heavy (non-hydrogen) atoms. The van der Waals surface area contributed by atoms with Crippen LogP contribution in [0.4, 0.5) is 10.5 Å². The van der Waals surface area contributed by atoms with Crippen molar-refractivity contribution in [1.82, 2.24) is 4.90 Å². The molecule has 0 radical (unpaired) electrons. The van der Waals surface area contributed by atoms with Crippen LogP contribution in [0.1, 0.15) is 5.56 Å². The Morgan fingerprint density at radius 3 is 3.00 bits per heavy atom. The predicted octanol–water partition coefficient (Wildman–Crippen LogP) is 1.39. The lowest BCUT2D eigenvalue weighted by Gasteiger charge is -2.12. The highest BCUT2D eigenvalue weighted by Gasteiger charge is 2.23. The van der Waals surface area contributed by atoms with E-state index in [1.165, 1.54) is 4.90 Å². The maximum Gasteiger partial charge on any atom is 0.410 e. The molecule has 1 aliphatic heterocycles. The molecule has 90 valence electrons. The number of benzene rings is 1. The minimum Gasteiger partial charge on any atom is -0.448 e. The summed E-state index contributed by atoms with van der Waals surface area (Å²) < 4.78 is 4.74. The van der Waals surface area contributed by atoms with Crippen molar-refractivity contribution in [2.75, 3.05) is 25.0 Å². The highest BCUT2D eigenvalue weighted by molar-refractivity contribution is 5.94. The van der Waals surface area contributed by atoms with E-state index in [9.17, 15) is 9.59 Å². The van der Waals surface area contributed by atoms with Gasteiger partial charge in [0.25, 0.3) is 0 Å². The number of hydrogen-bond donors (Lipinski definition) is 1. The molecule has 1 heterocycles. The number of nitrogens with zero attached hydrogens (tertiary/aromatic N) is 1. The summed E-state index contributed by atoms with van der Waals surface area (Å²) in [6.45, 7) is 2.82. The molecule has 1 aromatic carbocycles. The van der Waals surface area contributed by atoms with Gasteiger partial charge in [-0.15, -0.1) is 0 Å². The second kappa shape index (κ2) is 4.86. The Labute approximate surface area is 99.4 Å². The first-order chi connectivity index (χ1) is 8.15. The van der Waals surface area contributed by atoms with E-state index in [0.29, 0.717) is 13.2 Å². The Hall–Kier alpha value is -2.04. The van der Waals surface area contributed by atoms with Gasteiger partial charge in [0.15, 0.2) is 0 Å². The highest BCUT2D eigenvalue weighted by atomic mass is 16.6. The molecule has 1 N–H and O–H groups in total. The summed E-state index contributed by atoms with van der Waals surface area (Å²) in [5, 5.41) is 2.74. The fourth-order valence-corrected chi connectivity index (χ4v) is 1.67. The van der Waals surface area contributed by atoms with Gasteiger partial charge in [-0.2, -0.15) is 0 Å². The average Bonchev–Trinajstić information content (AvgIpc) is 2.64. The van der Waals surface area contributed by atoms with Gasteiger partial charge < -0.3 is 10.1 Å². The quantitative estimate of drug-likeness (QED) is 0.859. The Kier molecular flexibility index (Phi) is 3.27. The van der Waals surface area contributed by atoms with Crippen LogP contribution in [-0.4, -0.2) is 36.6 Å². The van der Waals surface area contributed by atoms with Crippen molar-refractivity contribution in [1.29, 1.82) is 0 Å². The summed E-state index contributed by atoms with van der Waals surface area (Å²) in [7, 11) is 0. The third-order valence-electron chi connectivity index (χ3n) is 2.48. The number of rotatable bonds is 3. The molecule has 5 nitrogen and oxygen atoms in total. The van der Waals surface area contributed by atoms with Crippen LogP contribution in [0.5, 0.6) is 0 Å². The van der Waals surface area contributed by atoms with Crippen LogP contribution < -0.4 is 5.32 Å². The summed E-state index contributed by atoms with van der Waals surface area (Å²) in [4.78, 5) is 24.2. The van der Waals surface area contributed by atoms with E-state index in [-0.39, 0.29) is 12.5 Å². The number of cyclic esters (lactones) is 1. The number of carbonyl (C=O) groups excluding carboxylic acids is 2. The van der Waals surface area contributed by atoms with Crippen LogP contribution in [0.3, 0.4) is 0 Å². The normalized spacial score (nSPS) is 14.6. The minimum atomic E-state index is -0.426. The second-order valence-electron chi connectivity index (χ2n) is 3.95. The topological polar surface area (TPSA) is 58.6 Å². The lowest BCUT2D eigenvalue weighted by atomic mass is 10.2. The van der Waals surface area contributed by atoms with Gasteiger partial charge in [-0.05, 0) is 24.6 Å². The van der Waals surface area contributed by atoms with Gasteiger partial charge in [0.2, 0.25) is 5.91 Å². The smallest absolute Gasteiger partial charge is 0.410 e. The molecular formula is C12H14N2O3. The molecule has 0 aliphatic carbocycles. The van der Waals surface area contributed by atoms with Crippen molar-refractivity contribution in [3.05, 3.63) is 29.8 Å². The van der Waals surface area contributed by atoms with E-state index in [2.05, 4.69) is 5.32 Å². The zero-order valence-electron chi connectivity index (χ0n) is 9.60. The molecule has 0 saturated carbocycles. The molecule has 0 spiro atoms. The Balaban J connectivity index is 1.91. The molecular weight excluding hydrogens is 220 g/mol. The first-order valence-electron chi connectivity index (χ1n) is 5.43. The first-order valence-corrected chi connectivity index (χ1v) is 5.43. The van der Waals surface area contributed by atoms with E-state index in [4.69, 9.17) is 4.74 Å². The second-order valence-corrected chi connectivity index (χ2v) is 3.95. The molecule has 0 unspecified atom stereocenters. The van der Waals surface area contributed by atoms with E-state index < -0.39 is 6.09 Å². The summed E-state index contributed by atoms with van der Waals surface area (Å²) in [5.74, 6) is -0.213. The number of ether oxygens (including phenoxy) is 1. The Morgan fingerprint density at radius 2 is 2.35 bits per heavy atom. The molecule has 1 fully saturated rings. The minimum absolute atomic E-state index is 0.0345. The van der Waals surface area contributed by atoms with Gasteiger partial charge in [-0.25, -0.2) is 4.79 Å². The third-order valence-corrected chi connectivity index (χ3v) is 2.48. The third kappa shape index (κ3) is 2.96. The molecule has 5 heteroatoms. The number of amides is 2. The summed E-state index contributed by atoms with van der Waals surface area (Å²) in [6, 6.07) is 7.51. The standard InChI is InChI=1S/C12H14N2O3/c1-9-3-2-4-10(7-9)13-11(15)8-14-5-6-17-12(14)16/h2-4,7H,5-6,8H2,1H3,(H,13,15). The lowest BCUT2D eigenvalue weighted by Crippen LogP contribution is -2.33. The molecule has 1 saturated heterocycles. The summed E-state index contributed by atoms with van der Waals surface area (Å²) in [5.41, 5.74) is 1.81. The molecule has 1 aliphatic rings. The van der Waals surface area contributed by atoms with Gasteiger partial charge in [0.05, 0.1) is 6.54 Å². The summed E-state index contributed by atoms with van der Waals surface area (Å²) in [6.07, 6.45) is -0.426. The highest BCUT2D eigenvalue weighted by Crippen LogP contribution is 2.10. The van der Waals surface area contributed by atoms with Crippen LogP contribution in [0.2, 0.25) is 0 Å². The van der Waals surface area contributed by atoms with Gasteiger partial charge in [-0.1, -0.05) is 12.1 Å². The molecule has 0 bridgehead atoms. The van der Waals surface area contributed by atoms with E-state index in [1.54, 1.807) is 0 Å². The van der Waals surface area contributed by atoms with Crippen LogP contribution >= 0.6 is 0 Å². The average molecular weight is 234 g/mol. The fraction of sp³-hybridized carbons (Fsp3) is 0.333. The maximum atomic E-state index is 11.7. The van der Waals surface area contributed by atoms with Crippen molar-refractivity contribution in [3.63, 3.8) is 0 Å². The van der Waals surface area contributed by atoms with Crippen LogP contribution in [-0.2, 0) is 9.53 Å². The fourth-order valence-electron chi connectivity index (χ4n) is 1.67. The predicted molar refractivity (Wildman–Crippen MR) is 62.7 cm³/mol. The maximum absolute atomic E-state index is 11.7. The van der Waals surface area contributed by atoms with Gasteiger partial charge in [0.1, 0.15) is 13.2 Å². The van der Waals surface area contributed by atoms with Crippen LogP contribution in [0.15, 0.2) is 24.3 Å². The number of anilines is 1. The first kappa shape index (κ1) is 11.4. The van der Waals surface area contributed by atoms with E-state index in [0.717, 1.165) is 11.3 Å². The Morgan fingerprint density at radius 1 is 1.53 bits per heavy atom. The van der Waals surface area contributed by atoms with Crippen molar-refractivity contribution in [3.8, 4) is 0 Å². The monoisotopic (exact) mass is 234 g/mol. The lowest BCUT2D eigenvalue weighted by molar-refractivity contribution is -0.116. The van der Waals surface area contributed by atoms with E-state index in [1.807, 2.05) is 31.2 Å². The number of nitrogens with one attached hydrogen (secondary N) is 1. The van der Waals surface area contributed by atoms with E-state index >= 15 is 0 Å². The van der Waals surface area contributed by atoms with Crippen LogP contribution in [0, 0.1) is 6.92 Å². The zero-order chi connectivity index (χ0) is 12.3. The molecule has 0 aromatic heterocycles. The van der Waals surface area contributed by atoms with Crippen molar-refractivity contribution in [2.45, 2.75) is 6.92 Å². The SMILES string of the molecule is Cc1cccc(NC(=O)CN2CCOC2=O)c1. The number of aryl methyl sites for hydroxylation is 1. The molecule has 2 amide bonds. The molecule has 1 aromatic rings. The molecule has 2 rings (SSSR count). The van der Waals surface area contributed by atoms with Gasteiger partial charge in [-0.3, -0.25) is 9.69 Å².